The summed E-state index contributed by atoms with van der Waals surface area (Å²) in [5.41, 5.74) is 1.95. The van der Waals surface area contributed by atoms with E-state index < -0.39 is 5.82 Å². The van der Waals surface area contributed by atoms with E-state index in [0.717, 1.165) is 11.3 Å². The molecule has 0 bridgehead atoms. The number of amides is 1. The Morgan fingerprint density at radius 2 is 2.00 bits per heavy atom. The van der Waals surface area contributed by atoms with Gasteiger partial charge in [-0.1, -0.05) is 24.3 Å². The maximum Gasteiger partial charge on any atom is 0.258 e. The average Bonchev–Trinajstić information content (AvgIpc) is 3.16. The van der Waals surface area contributed by atoms with Crippen LogP contribution in [0.5, 0.6) is 5.75 Å². The van der Waals surface area contributed by atoms with Gasteiger partial charge in [0, 0.05) is 18.1 Å². The van der Waals surface area contributed by atoms with Crippen LogP contribution < -0.4 is 10.1 Å². The van der Waals surface area contributed by atoms with Gasteiger partial charge in [0.1, 0.15) is 0 Å². The lowest BCUT2D eigenvalue weighted by Crippen LogP contribution is -2.31. The molecular formula is C19H18FN3O2. The molecule has 5 nitrogen and oxygen atoms in total. The van der Waals surface area contributed by atoms with Crippen molar-refractivity contribution in [1.82, 2.24) is 14.9 Å². The molecule has 25 heavy (non-hydrogen) atoms. The summed E-state index contributed by atoms with van der Waals surface area (Å²) >= 11 is 0. The number of aromatic nitrogens is 2. The van der Waals surface area contributed by atoms with Crippen molar-refractivity contribution in [1.29, 1.82) is 0 Å². The van der Waals surface area contributed by atoms with E-state index in [9.17, 15) is 9.18 Å². The molecule has 0 fully saturated rings. The second-order valence-corrected chi connectivity index (χ2v) is 5.57. The Morgan fingerprint density at radius 1 is 1.24 bits per heavy atom. The van der Waals surface area contributed by atoms with Crippen LogP contribution in [-0.2, 0) is 4.79 Å². The number of para-hydroxylation sites is 1. The van der Waals surface area contributed by atoms with Gasteiger partial charge in [-0.15, -0.1) is 0 Å². The first-order chi connectivity index (χ1) is 12.1. The number of carbonyl (C=O) groups is 1. The Morgan fingerprint density at radius 3 is 2.68 bits per heavy atom. The summed E-state index contributed by atoms with van der Waals surface area (Å²) in [7, 11) is 0. The van der Waals surface area contributed by atoms with Crippen LogP contribution in [0, 0.1) is 5.82 Å². The highest BCUT2D eigenvalue weighted by molar-refractivity contribution is 5.78. The minimum atomic E-state index is -0.488. The van der Waals surface area contributed by atoms with Crippen LogP contribution in [0.25, 0.3) is 5.69 Å². The van der Waals surface area contributed by atoms with Crippen molar-refractivity contribution in [2.75, 3.05) is 6.61 Å². The quantitative estimate of drug-likeness (QED) is 0.750. The number of imidazole rings is 1. The molecule has 1 amide bonds. The molecule has 0 aliphatic heterocycles. The van der Waals surface area contributed by atoms with E-state index in [0.29, 0.717) is 0 Å². The zero-order valence-electron chi connectivity index (χ0n) is 13.7. The smallest absolute Gasteiger partial charge is 0.258 e. The molecule has 3 rings (SSSR count). The van der Waals surface area contributed by atoms with Crippen molar-refractivity contribution >= 4 is 5.91 Å². The Hall–Kier alpha value is -3.15. The summed E-state index contributed by atoms with van der Waals surface area (Å²) < 4.78 is 20.6. The molecule has 2 aromatic carbocycles. The van der Waals surface area contributed by atoms with Gasteiger partial charge in [-0.25, -0.2) is 9.37 Å². The van der Waals surface area contributed by atoms with Gasteiger partial charge in [0.2, 0.25) is 0 Å². The minimum Gasteiger partial charge on any atom is -0.481 e. The maximum atomic E-state index is 13.5. The highest BCUT2D eigenvalue weighted by Gasteiger charge is 2.11. The number of carbonyl (C=O) groups excluding carboxylic acids is 1. The lowest BCUT2D eigenvalue weighted by molar-refractivity contribution is -0.123. The van der Waals surface area contributed by atoms with Crippen molar-refractivity contribution in [2.24, 2.45) is 0 Å². The topological polar surface area (TPSA) is 56.1 Å². The number of hydrogen-bond acceptors (Lipinski definition) is 3. The molecule has 1 aromatic heterocycles. The van der Waals surface area contributed by atoms with Gasteiger partial charge in [0.05, 0.1) is 12.4 Å². The van der Waals surface area contributed by atoms with E-state index in [1.165, 1.54) is 12.1 Å². The summed E-state index contributed by atoms with van der Waals surface area (Å²) in [6.45, 7) is 1.64. The summed E-state index contributed by atoms with van der Waals surface area (Å²) in [4.78, 5) is 16.0. The van der Waals surface area contributed by atoms with Crippen LogP contribution in [0.1, 0.15) is 18.5 Å². The molecule has 128 valence electrons. The molecule has 0 aliphatic rings. The van der Waals surface area contributed by atoms with Gasteiger partial charge < -0.3 is 14.6 Å². The van der Waals surface area contributed by atoms with Gasteiger partial charge in [-0.2, -0.15) is 0 Å². The predicted molar refractivity (Wildman–Crippen MR) is 92.0 cm³/mol. The zero-order chi connectivity index (χ0) is 17.6. The molecule has 0 aliphatic carbocycles. The summed E-state index contributed by atoms with van der Waals surface area (Å²) in [6.07, 6.45) is 5.30. The largest absolute Gasteiger partial charge is 0.481 e. The fraction of sp³-hybridized carbons (Fsp3) is 0.158. The van der Waals surface area contributed by atoms with Gasteiger partial charge >= 0.3 is 0 Å². The normalized spacial score (nSPS) is 11.8. The predicted octanol–water partition coefficient (Wildman–Crippen LogP) is 3.27. The Bertz CT molecular complexity index is 832. The van der Waals surface area contributed by atoms with Crippen LogP contribution in [0.15, 0.2) is 67.3 Å². The Kier molecular flexibility index (Phi) is 5.09. The minimum absolute atomic E-state index is 0.0648. The molecule has 1 heterocycles. The van der Waals surface area contributed by atoms with Crippen molar-refractivity contribution in [3.8, 4) is 11.4 Å². The SMILES string of the molecule is C[C@H](NC(=O)COc1ccccc1F)c1ccc(-n2ccnc2)cc1. The highest BCUT2D eigenvalue weighted by Crippen LogP contribution is 2.17. The number of rotatable bonds is 6. The average molecular weight is 339 g/mol. The third-order valence-electron chi connectivity index (χ3n) is 3.77. The third kappa shape index (κ3) is 4.23. The molecule has 3 aromatic rings. The van der Waals surface area contributed by atoms with E-state index in [1.807, 2.05) is 42.0 Å². The standard InChI is InChI=1S/C19H18FN3O2/c1-14(15-6-8-16(9-7-15)23-11-10-21-13-23)22-19(24)12-25-18-5-3-2-4-17(18)20/h2-11,13-14H,12H2,1H3,(H,22,24)/t14-/m0/s1. The third-order valence-corrected chi connectivity index (χ3v) is 3.77. The second-order valence-electron chi connectivity index (χ2n) is 5.57. The van der Waals surface area contributed by atoms with Crippen molar-refractivity contribution in [3.63, 3.8) is 0 Å². The molecule has 1 atom stereocenters. The van der Waals surface area contributed by atoms with E-state index in [2.05, 4.69) is 10.3 Å². The molecule has 6 heteroatoms. The number of benzene rings is 2. The molecule has 0 spiro atoms. The first kappa shape index (κ1) is 16.7. The van der Waals surface area contributed by atoms with E-state index >= 15 is 0 Å². The van der Waals surface area contributed by atoms with Crippen LogP contribution >= 0.6 is 0 Å². The van der Waals surface area contributed by atoms with Gasteiger partial charge in [-0.05, 0) is 36.8 Å². The molecule has 1 N–H and O–H groups in total. The molecular weight excluding hydrogens is 321 g/mol. The van der Waals surface area contributed by atoms with Crippen molar-refractivity contribution in [2.45, 2.75) is 13.0 Å². The Labute approximate surface area is 145 Å². The zero-order valence-corrected chi connectivity index (χ0v) is 13.7. The number of nitrogens with one attached hydrogen (secondary N) is 1. The van der Waals surface area contributed by atoms with Gasteiger partial charge in [0.15, 0.2) is 18.2 Å². The number of halogens is 1. The van der Waals surface area contributed by atoms with Crippen LogP contribution in [0.2, 0.25) is 0 Å². The lowest BCUT2D eigenvalue weighted by atomic mass is 10.1. The monoisotopic (exact) mass is 339 g/mol. The summed E-state index contributed by atoms with van der Waals surface area (Å²) in [5.74, 6) is -0.733. The second kappa shape index (κ2) is 7.61. The van der Waals surface area contributed by atoms with Crippen molar-refractivity contribution < 1.29 is 13.9 Å². The van der Waals surface area contributed by atoms with E-state index in [4.69, 9.17) is 4.74 Å². The number of hydrogen-bond donors (Lipinski definition) is 1. The first-order valence-corrected chi connectivity index (χ1v) is 7.88. The van der Waals surface area contributed by atoms with Gasteiger partial charge in [-0.3, -0.25) is 4.79 Å². The first-order valence-electron chi connectivity index (χ1n) is 7.88. The molecule has 0 saturated carbocycles. The molecule has 0 radical (unpaired) electrons. The summed E-state index contributed by atoms with van der Waals surface area (Å²) in [5, 5.41) is 2.83. The number of nitrogens with zero attached hydrogens (tertiary/aromatic N) is 2. The van der Waals surface area contributed by atoms with Crippen molar-refractivity contribution in [3.05, 3.63) is 78.6 Å². The Balaban J connectivity index is 1.55. The fourth-order valence-electron chi connectivity index (χ4n) is 2.42. The highest BCUT2D eigenvalue weighted by atomic mass is 19.1. The van der Waals surface area contributed by atoms with Crippen LogP contribution in [0.3, 0.4) is 0 Å². The maximum absolute atomic E-state index is 13.5. The van der Waals surface area contributed by atoms with Crippen LogP contribution in [-0.4, -0.2) is 22.1 Å². The van der Waals surface area contributed by atoms with Crippen LogP contribution in [0.4, 0.5) is 4.39 Å². The van der Waals surface area contributed by atoms with E-state index in [-0.39, 0.29) is 24.3 Å². The number of ether oxygens (including phenoxy) is 1. The lowest BCUT2D eigenvalue weighted by Gasteiger charge is -2.15. The molecule has 0 saturated heterocycles. The summed E-state index contributed by atoms with van der Waals surface area (Å²) in [6, 6.07) is 13.6. The molecule has 0 unspecified atom stereocenters. The van der Waals surface area contributed by atoms with E-state index in [1.54, 1.807) is 24.7 Å². The van der Waals surface area contributed by atoms with Gasteiger partial charge in [0.25, 0.3) is 5.91 Å². The fourth-order valence-corrected chi connectivity index (χ4v) is 2.42.